The average molecular weight is 238 g/mol. The Morgan fingerprint density at radius 3 is 2.71 bits per heavy atom. The number of ether oxygens (including phenoxy) is 1. The topological polar surface area (TPSA) is 24.5 Å². The molecule has 0 saturated carbocycles. The number of anilines is 1. The second-order valence-corrected chi connectivity index (χ2v) is 4.38. The van der Waals surface area contributed by atoms with Crippen LogP contribution in [-0.4, -0.2) is 38.3 Å². The molecule has 1 N–H and O–H groups in total. The highest BCUT2D eigenvalue weighted by Crippen LogP contribution is 2.20. The molecule has 1 fully saturated rings. The molecule has 0 aliphatic carbocycles. The zero-order chi connectivity index (χ0) is 12.3. The fourth-order valence-electron chi connectivity index (χ4n) is 2.04. The molecule has 0 bridgehead atoms. The molecule has 0 aromatic heterocycles. The quantitative estimate of drug-likeness (QED) is 0.871. The number of nitrogens with one attached hydrogen (secondary N) is 1. The first kappa shape index (κ1) is 12.3. The number of nitrogens with zero attached hydrogens (tertiary/aromatic N) is 1. The molecular formula is C13H19FN2O. The van der Waals surface area contributed by atoms with Crippen molar-refractivity contribution in [1.82, 2.24) is 4.90 Å². The summed E-state index contributed by atoms with van der Waals surface area (Å²) in [6.07, 6.45) is 0. The third-order valence-electron chi connectivity index (χ3n) is 3.24. The monoisotopic (exact) mass is 238 g/mol. The molecule has 1 aromatic carbocycles. The molecule has 4 heteroatoms. The Hall–Kier alpha value is -1.13. The van der Waals surface area contributed by atoms with Crippen molar-refractivity contribution in [2.75, 3.05) is 38.7 Å². The third-order valence-corrected chi connectivity index (χ3v) is 3.24. The van der Waals surface area contributed by atoms with Gasteiger partial charge in [-0.05, 0) is 30.2 Å². The Morgan fingerprint density at radius 1 is 1.35 bits per heavy atom. The zero-order valence-electron chi connectivity index (χ0n) is 10.4. The highest BCUT2D eigenvalue weighted by atomic mass is 19.1. The van der Waals surface area contributed by atoms with Crippen molar-refractivity contribution in [2.24, 2.45) is 0 Å². The van der Waals surface area contributed by atoms with Crippen molar-refractivity contribution in [2.45, 2.75) is 13.5 Å². The average Bonchev–Trinajstić information content (AvgIpc) is 2.36. The first-order valence-corrected chi connectivity index (χ1v) is 5.97. The summed E-state index contributed by atoms with van der Waals surface area (Å²) in [7, 11) is 1.81. The van der Waals surface area contributed by atoms with Gasteiger partial charge < -0.3 is 10.1 Å². The molecule has 3 nitrogen and oxygen atoms in total. The molecule has 0 spiro atoms. The van der Waals surface area contributed by atoms with Crippen molar-refractivity contribution < 1.29 is 9.13 Å². The molecule has 0 radical (unpaired) electrons. The van der Waals surface area contributed by atoms with Gasteiger partial charge in [-0.15, -0.1) is 0 Å². The molecule has 94 valence electrons. The van der Waals surface area contributed by atoms with Gasteiger partial charge in [0.05, 0.1) is 13.2 Å². The van der Waals surface area contributed by atoms with Gasteiger partial charge in [0.15, 0.2) is 0 Å². The van der Waals surface area contributed by atoms with Crippen molar-refractivity contribution in [3.8, 4) is 0 Å². The van der Waals surface area contributed by atoms with Crippen LogP contribution in [-0.2, 0) is 11.3 Å². The maximum Gasteiger partial charge on any atom is 0.128 e. The largest absolute Gasteiger partial charge is 0.388 e. The summed E-state index contributed by atoms with van der Waals surface area (Å²) in [5.74, 6) is -0.139. The van der Waals surface area contributed by atoms with Crippen LogP contribution < -0.4 is 5.32 Å². The third kappa shape index (κ3) is 2.96. The van der Waals surface area contributed by atoms with Crippen LogP contribution in [0.5, 0.6) is 0 Å². The van der Waals surface area contributed by atoms with Crippen LogP contribution in [0.3, 0.4) is 0 Å². The van der Waals surface area contributed by atoms with Gasteiger partial charge in [0.2, 0.25) is 0 Å². The minimum atomic E-state index is -0.139. The molecule has 0 atom stereocenters. The van der Waals surface area contributed by atoms with Gasteiger partial charge in [-0.25, -0.2) is 4.39 Å². The van der Waals surface area contributed by atoms with E-state index in [0.29, 0.717) is 0 Å². The van der Waals surface area contributed by atoms with Crippen LogP contribution in [0.2, 0.25) is 0 Å². The number of benzene rings is 1. The second-order valence-electron chi connectivity index (χ2n) is 4.38. The van der Waals surface area contributed by atoms with Gasteiger partial charge in [0.1, 0.15) is 5.82 Å². The maximum absolute atomic E-state index is 13.7. The lowest BCUT2D eigenvalue weighted by Crippen LogP contribution is -2.35. The van der Waals surface area contributed by atoms with E-state index in [9.17, 15) is 4.39 Å². The number of hydrogen-bond acceptors (Lipinski definition) is 3. The first-order valence-electron chi connectivity index (χ1n) is 5.97. The predicted octanol–water partition coefficient (Wildman–Crippen LogP) is 2.01. The summed E-state index contributed by atoms with van der Waals surface area (Å²) in [5.41, 5.74) is 2.63. The van der Waals surface area contributed by atoms with Crippen LogP contribution in [0.4, 0.5) is 10.1 Å². The van der Waals surface area contributed by atoms with Crippen LogP contribution in [0, 0.1) is 12.7 Å². The van der Waals surface area contributed by atoms with Crippen molar-refractivity contribution in [3.63, 3.8) is 0 Å². The molecule has 1 aliphatic heterocycles. The Kier molecular flexibility index (Phi) is 3.97. The summed E-state index contributed by atoms with van der Waals surface area (Å²) in [6.45, 7) is 6.02. The van der Waals surface area contributed by atoms with E-state index in [1.165, 1.54) is 6.07 Å². The SMILES string of the molecule is CNc1cc(F)c(C)c(CN2CCOCC2)c1. The first-order chi connectivity index (χ1) is 8.20. The van der Waals surface area contributed by atoms with Crippen molar-refractivity contribution in [3.05, 3.63) is 29.1 Å². The fraction of sp³-hybridized carbons (Fsp3) is 0.538. The predicted molar refractivity (Wildman–Crippen MR) is 66.8 cm³/mol. The summed E-state index contributed by atoms with van der Waals surface area (Å²) in [6, 6.07) is 3.56. The van der Waals surface area contributed by atoms with Gasteiger partial charge >= 0.3 is 0 Å². The van der Waals surface area contributed by atoms with E-state index in [2.05, 4.69) is 10.2 Å². The number of halogens is 1. The molecule has 1 aromatic rings. The van der Waals surface area contributed by atoms with Crippen molar-refractivity contribution >= 4 is 5.69 Å². The molecular weight excluding hydrogens is 219 g/mol. The van der Waals surface area contributed by atoms with E-state index in [-0.39, 0.29) is 5.82 Å². The summed E-state index contributed by atoms with van der Waals surface area (Å²) in [4.78, 5) is 2.30. The van der Waals surface area contributed by atoms with Gasteiger partial charge in [-0.1, -0.05) is 0 Å². The molecule has 1 saturated heterocycles. The summed E-state index contributed by atoms with van der Waals surface area (Å²) >= 11 is 0. The molecule has 0 amide bonds. The molecule has 2 rings (SSSR count). The number of morpholine rings is 1. The highest BCUT2D eigenvalue weighted by molar-refractivity contribution is 5.48. The van der Waals surface area contributed by atoms with Crippen LogP contribution in [0.15, 0.2) is 12.1 Å². The minimum absolute atomic E-state index is 0.139. The van der Waals surface area contributed by atoms with Gasteiger partial charge in [-0.3, -0.25) is 4.90 Å². The van der Waals surface area contributed by atoms with Gasteiger partial charge in [0, 0.05) is 32.4 Å². The molecule has 0 unspecified atom stereocenters. The minimum Gasteiger partial charge on any atom is -0.388 e. The molecule has 1 heterocycles. The van der Waals surface area contributed by atoms with Crippen LogP contribution in [0.1, 0.15) is 11.1 Å². The Balaban J connectivity index is 2.15. The lowest BCUT2D eigenvalue weighted by molar-refractivity contribution is 0.0341. The summed E-state index contributed by atoms with van der Waals surface area (Å²) < 4.78 is 19.0. The van der Waals surface area contributed by atoms with Crippen LogP contribution in [0.25, 0.3) is 0 Å². The zero-order valence-corrected chi connectivity index (χ0v) is 10.4. The lowest BCUT2D eigenvalue weighted by Gasteiger charge is -2.27. The van der Waals surface area contributed by atoms with Crippen LogP contribution >= 0.6 is 0 Å². The van der Waals surface area contributed by atoms with E-state index in [1.807, 2.05) is 20.0 Å². The van der Waals surface area contributed by atoms with E-state index in [0.717, 1.165) is 49.7 Å². The Morgan fingerprint density at radius 2 is 2.06 bits per heavy atom. The second kappa shape index (κ2) is 5.47. The van der Waals surface area contributed by atoms with Gasteiger partial charge in [-0.2, -0.15) is 0 Å². The van der Waals surface area contributed by atoms with Crippen molar-refractivity contribution in [1.29, 1.82) is 0 Å². The molecule has 17 heavy (non-hydrogen) atoms. The maximum atomic E-state index is 13.7. The summed E-state index contributed by atoms with van der Waals surface area (Å²) in [5, 5.41) is 2.99. The Bertz CT molecular complexity index is 389. The normalized spacial score (nSPS) is 17.1. The standard InChI is InChI=1S/C13H19FN2O/c1-10-11(7-12(15-2)8-13(10)14)9-16-3-5-17-6-4-16/h7-8,15H,3-6,9H2,1-2H3. The van der Waals surface area contributed by atoms with E-state index in [1.54, 1.807) is 0 Å². The highest BCUT2D eigenvalue weighted by Gasteiger charge is 2.14. The van der Waals surface area contributed by atoms with E-state index in [4.69, 9.17) is 4.74 Å². The van der Waals surface area contributed by atoms with E-state index < -0.39 is 0 Å². The molecule has 1 aliphatic rings. The van der Waals surface area contributed by atoms with E-state index >= 15 is 0 Å². The van der Waals surface area contributed by atoms with Gasteiger partial charge in [0.25, 0.3) is 0 Å². The Labute approximate surface area is 102 Å². The number of hydrogen-bond donors (Lipinski definition) is 1. The fourth-order valence-corrected chi connectivity index (χ4v) is 2.04. The smallest absolute Gasteiger partial charge is 0.128 e. The number of rotatable bonds is 3. The lowest BCUT2D eigenvalue weighted by atomic mass is 10.1.